The van der Waals surface area contributed by atoms with E-state index >= 15 is 0 Å². The van der Waals surface area contributed by atoms with Gasteiger partial charge in [0, 0.05) is 37.3 Å². The van der Waals surface area contributed by atoms with Gasteiger partial charge in [0.1, 0.15) is 5.82 Å². The molecule has 7 rings (SSSR count). The summed E-state index contributed by atoms with van der Waals surface area (Å²) in [6.07, 6.45) is 3.24. The molecule has 0 spiro atoms. The molecule has 1 saturated heterocycles. The average Bonchev–Trinajstić information content (AvgIpc) is 3.51. The summed E-state index contributed by atoms with van der Waals surface area (Å²) in [5.41, 5.74) is 5.31. The third kappa shape index (κ3) is 6.17. The minimum absolute atomic E-state index is 0.265. The van der Waals surface area contributed by atoms with E-state index in [1.54, 1.807) is 23.5 Å². The number of carbonyl (C=O) groups excluding carboxylic acids is 1. The Kier molecular flexibility index (Phi) is 8.50. The summed E-state index contributed by atoms with van der Waals surface area (Å²) in [6, 6.07) is 31.0. The third-order valence-corrected chi connectivity index (χ3v) is 10.1. The number of fused-ring (bicyclic) bond motifs is 4. The molecule has 45 heavy (non-hydrogen) atoms. The van der Waals surface area contributed by atoms with Gasteiger partial charge in [0.25, 0.3) is 0 Å². The summed E-state index contributed by atoms with van der Waals surface area (Å²) in [5, 5.41) is 4.02. The van der Waals surface area contributed by atoms with E-state index in [0.717, 1.165) is 90.5 Å². The minimum atomic E-state index is -0.873. The van der Waals surface area contributed by atoms with Gasteiger partial charge in [0.05, 0.1) is 10.2 Å². The van der Waals surface area contributed by atoms with Crippen molar-refractivity contribution < 1.29 is 13.9 Å². The molecule has 1 amide bonds. The van der Waals surface area contributed by atoms with E-state index in [-0.39, 0.29) is 12.4 Å². The van der Waals surface area contributed by atoms with Crippen molar-refractivity contribution in [3.63, 3.8) is 0 Å². The lowest BCUT2D eigenvalue weighted by Crippen LogP contribution is -2.37. The van der Waals surface area contributed by atoms with Crippen LogP contribution >= 0.6 is 11.3 Å². The van der Waals surface area contributed by atoms with Crippen molar-refractivity contribution in [2.45, 2.75) is 37.8 Å². The van der Waals surface area contributed by atoms with Gasteiger partial charge in [-0.1, -0.05) is 84.1 Å². The summed E-state index contributed by atoms with van der Waals surface area (Å²) in [4.78, 5) is 23.2. The second-order valence-electron chi connectivity index (χ2n) is 11.9. The number of rotatable bonds is 9. The first-order valence-corrected chi connectivity index (χ1v) is 16.6. The molecular formula is C37H37FN4O2S. The first-order chi connectivity index (χ1) is 22.1. The normalized spacial score (nSPS) is 15.8. The molecule has 1 aliphatic carbocycles. The fourth-order valence-electron chi connectivity index (χ4n) is 6.78. The van der Waals surface area contributed by atoms with Gasteiger partial charge in [0.15, 0.2) is 10.7 Å². The molecule has 230 valence electrons. The maximum atomic E-state index is 13.4. The van der Waals surface area contributed by atoms with Crippen molar-refractivity contribution in [3.05, 3.63) is 120 Å². The highest BCUT2D eigenvalue weighted by molar-refractivity contribution is 7.22. The number of alkyl carbamates (subject to hydrolysis) is 1. The number of halogens is 1. The molecule has 0 bridgehead atoms. The molecule has 1 fully saturated rings. The Morgan fingerprint density at radius 3 is 2.31 bits per heavy atom. The van der Waals surface area contributed by atoms with E-state index < -0.39 is 11.7 Å². The zero-order chi connectivity index (χ0) is 30.6. The zero-order valence-corrected chi connectivity index (χ0v) is 26.1. The zero-order valence-electron chi connectivity index (χ0n) is 25.3. The van der Waals surface area contributed by atoms with E-state index in [2.05, 4.69) is 57.6 Å². The van der Waals surface area contributed by atoms with E-state index in [0.29, 0.717) is 6.42 Å². The van der Waals surface area contributed by atoms with Gasteiger partial charge >= 0.3 is 6.09 Å². The SMILES string of the molecule is O=C(NCc1ccc(F)cc1)OC1(CCCCN2CCCN(c3nc4ccccc4s3)CC2)c2ccccc2-c2ccccc21. The average molecular weight is 621 g/mol. The number of unbranched alkanes of at least 4 members (excludes halogenated alkanes) is 1. The number of hydrogen-bond donors (Lipinski definition) is 1. The van der Waals surface area contributed by atoms with Gasteiger partial charge in [-0.2, -0.15) is 0 Å². The molecule has 0 saturated carbocycles. The first kappa shape index (κ1) is 29.4. The lowest BCUT2D eigenvalue weighted by atomic mass is 9.86. The van der Waals surface area contributed by atoms with Crippen LogP contribution in [0.1, 0.15) is 42.4 Å². The highest BCUT2D eigenvalue weighted by Gasteiger charge is 2.46. The van der Waals surface area contributed by atoms with Crippen molar-refractivity contribution >= 4 is 32.8 Å². The maximum absolute atomic E-state index is 13.4. The summed E-state index contributed by atoms with van der Waals surface area (Å²) < 4.78 is 21.1. The summed E-state index contributed by atoms with van der Waals surface area (Å²) in [6.45, 7) is 5.34. The van der Waals surface area contributed by atoms with Crippen molar-refractivity contribution in [1.82, 2.24) is 15.2 Å². The van der Waals surface area contributed by atoms with Crippen LogP contribution in [0.5, 0.6) is 0 Å². The van der Waals surface area contributed by atoms with Crippen molar-refractivity contribution in [3.8, 4) is 11.1 Å². The van der Waals surface area contributed by atoms with Crippen molar-refractivity contribution in [1.29, 1.82) is 0 Å². The standard InChI is InChI=1S/C37H37FN4O2S/c38-28-18-16-27(17-19-28)26-39-36(43)44-37(31-12-3-1-10-29(31)30-11-2-4-13-32(30)37)20-7-8-21-41-22-9-23-42(25-24-41)35-40-33-14-5-6-15-34(33)45-35/h1-6,10-19H,7-9,20-26H2,(H,39,43). The monoisotopic (exact) mass is 620 g/mol. The van der Waals surface area contributed by atoms with E-state index in [4.69, 9.17) is 9.72 Å². The van der Waals surface area contributed by atoms with Gasteiger partial charge in [-0.3, -0.25) is 0 Å². The van der Waals surface area contributed by atoms with Crippen LogP contribution in [-0.4, -0.2) is 48.7 Å². The van der Waals surface area contributed by atoms with Crippen molar-refractivity contribution in [2.75, 3.05) is 37.6 Å². The number of ether oxygens (including phenoxy) is 1. The van der Waals surface area contributed by atoms with Gasteiger partial charge in [-0.05, 0) is 79.7 Å². The summed E-state index contributed by atoms with van der Waals surface area (Å²) in [7, 11) is 0. The van der Waals surface area contributed by atoms with Crippen LogP contribution in [0.4, 0.5) is 14.3 Å². The third-order valence-electron chi connectivity index (χ3n) is 9.03. The first-order valence-electron chi connectivity index (χ1n) is 15.8. The fourth-order valence-corrected chi connectivity index (χ4v) is 7.79. The Balaban J connectivity index is 1.02. The lowest BCUT2D eigenvalue weighted by Gasteiger charge is -2.32. The molecule has 4 aromatic carbocycles. The molecule has 0 atom stereocenters. The molecular weight excluding hydrogens is 583 g/mol. The molecule has 5 aromatic rings. The van der Waals surface area contributed by atoms with Crippen LogP contribution in [0.15, 0.2) is 97.1 Å². The van der Waals surface area contributed by atoms with Gasteiger partial charge < -0.3 is 19.9 Å². The molecule has 6 nitrogen and oxygen atoms in total. The largest absolute Gasteiger partial charge is 0.433 e. The second-order valence-corrected chi connectivity index (χ2v) is 12.9. The number of amides is 1. The molecule has 1 aliphatic heterocycles. The van der Waals surface area contributed by atoms with Crippen LogP contribution in [0.2, 0.25) is 0 Å². The van der Waals surface area contributed by atoms with Crippen LogP contribution in [0.25, 0.3) is 21.3 Å². The number of anilines is 1. The number of benzene rings is 4. The summed E-state index contributed by atoms with van der Waals surface area (Å²) in [5.74, 6) is -0.301. The number of hydrogen-bond acceptors (Lipinski definition) is 6. The number of nitrogens with one attached hydrogen (secondary N) is 1. The van der Waals surface area contributed by atoms with Gasteiger partial charge in [-0.25, -0.2) is 14.2 Å². The topological polar surface area (TPSA) is 57.7 Å². The number of thiazole rings is 1. The number of para-hydroxylation sites is 1. The molecule has 1 N–H and O–H groups in total. The lowest BCUT2D eigenvalue weighted by molar-refractivity contribution is 0.0326. The predicted octanol–water partition coefficient (Wildman–Crippen LogP) is 7.97. The Labute approximate surface area is 267 Å². The Morgan fingerprint density at radius 1 is 0.844 bits per heavy atom. The Bertz CT molecular complexity index is 1710. The summed E-state index contributed by atoms with van der Waals surface area (Å²) >= 11 is 1.78. The molecule has 0 radical (unpaired) electrons. The molecule has 0 unspecified atom stereocenters. The number of carbonyl (C=O) groups is 1. The van der Waals surface area contributed by atoms with Crippen LogP contribution < -0.4 is 10.2 Å². The molecule has 1 aromatic heterocycles. The van der Waals surface area contributed by atoms with Crippen LogP contribution in [0, 0.1) is 5.82 Å². The Hall–Kier alpha value is -4.27. The minimum Gasteiger partial charge on any atom is -0.433 e. The van der Waals surface area contributed by atoms with E-state index in [9.17, 15) is 9.18 Å². The quantitative estimate of drug-likeness (QED) is 0.170. The number of nitrogens with zero attached hydrogens (tertiary/aromatic N) is 3. The van der Waals surface area contributed by atoms with Gasteiger partial charge in [0.2, 0.25) is 0 Å². The highest BCUT2D eigenvalue weighted by atomic mass is 32.1. The number of aromatic nitrogens is 1. The molecule has 2 aliphatic rings. The van der Waals surface area contributed by atoms with Crippen LogP contribution in [0.3, 0.4) is 0 Å². The molecule has 8 heteroatoms. The Morgan fingerprint density at radius 2 is 1.56 bits per heavy atom. The van der Waals surface area contributed by atoms with E-state index in [1.165, 1.54) is 16.8 Å². The smallest absolute Gasteiger partial charge is 0.408 e. The fraction of sp³-hybridized carbons (Fsp3) is 0.297. The highest BCUT2D eigenvalue weighted by Crippen LogP contribution is 2.52. The predicted molar refractivity (Wildman–Crippen MR) is 179 cm³/mol. The van der Waals surface area contributed by atoms with E-state index in [1.807, 2.05) is 30.3 Å². The molecule has 2 heterocycles. The van der Waals surface area contributed by atoms with Crippen LogP contribution in [-0.2, 0) is 16.9 Å². The van der Waals surface area contributed by atoms with Gasteiger partial charge in [-0.15, -0.1) is 0 Å². The van der Waals surface area contributed by atoms with Crippen molar-refractivity contribution in [2.24, 2.45) is 0 Å². The second kappa shape index (κ2) is 13.0. The maximum Gasteiger partial charge on any atom is 0.408 e.